The predicted octanol–water partition coefficient (Wildman–Crippen LogP) is 0.0894. The second kappa shape index (κ2) is 2.96. The van der Waals surface area contributed by atoms with E-state index in [4.69, 9.17) is 4.74 Å². The van der Waals surface area contributed by atoms with E-state index in [9.17, 15) is 9.90 Å². The molecule has 0 aromatic carbocycles. The molecule has 4 nitrogen and oxygen atoms in total. The van der Waals surface area contributed by atoms with Gasteiger partial charge in [0.25, 0.3) is 0 Å². The standard InChI is InChI=1S/C9H14O4/c1-12-8(11)6-4-7(10)9(5-6)2-3-13-9/h6-7,10H,2-5H2,1H3. The van der Waals surface area contributed by atoms with Crippen LogP contribution in [0.1, 0.15) is 19.3 Å². The maximum absolute atomic E-state index is 11.2. The molecule has 13 heavy (non-hydrogen) atoms. The highest BCUT2D eigenvalue weighted by Crippen LogP contribution is 2.45. The molecule has 1 saturated heterocycles. The van der Waals surface area contributed by atoms with Gasteiger partial charge in [-0.05, 0) is 12.8 Å². The summed E-state index contributed by atoms with van der Waals surface area (Å²) < 4.78 is 10.00. The van der Waals surface area contributed by atoms with Crippen LogP contribution in [0.3, 0.4) is 0 Å². The molecule has 0 radical (unpaired) electrons. The second-order valence-corrected chi connectivity index (χ2v) is 3.84. The van der Waals surface area contributed by atoms with Crippen molar-refractivity contribution in [2.24, 2.45) is 5.92 Å². The third-order valence-electron chi connectivity index (χ3n) is 3.16. The quantitative estimate of drug-likeness (QED) is 0.590. The molecule has 74 valence electrons. The minimum absolute atomic E-state index is 0.180. The van der Waals surface area contributed by atoms with Gasteiger partial charge in [0.15, 0.2) is 0 Å². The Hall–Kier alpha value is -0.610. The smallest absolute Gasteiger partial charge is 0.308 e. The molecular weight excluding hydrogens is 172 g/mol. The number of hydrogen-bond acceptors (Lipinski definition) is 4. The molecular formula is C9H14O4. The lowest BCUT2D eigenvalue weighted by molar-refractivity contribution is -0.191. The Bertz CT molecular complexity index is 222. The van der Waals surface area contributed by atoms with Crippen molar-refractivity contribution >= 4 is 5.97 Å². The molecule has 1 N–H and O–H groups in total. The van der Waals surface area contributed by atoms with Crippen molar-refractivity contribution in [3.63, 3.8) is 0 Å². The van der Waals surface area contributed by atoms with Crippen LogP contribution in [0.5, 0.6) is 0 Å². The molecule has 1 aliphatic heterocycles. The number of rotatable bonds is 1. The molecule has 1 heterocycles. The molecule has 1 spiro atoms. The Kier molecular flexibility index (Phi) is 2.04. The van der Waals surface area contributed by atoms with E-state index >= 15 is 0 Å². The number of aliphatic hydroxyl groups excluding tert-OH is 1. The van der Waals surface area contributed by atoms with Gasteiger partial charge in [0.1, 0.15) is 0 Å². The van der Waals surface area contributed by atoms with Gasteiger partial charge in [-0.2, -0.15) is 0 Å². The van der Waals surface area contributed by atoms with Gasteiger partial charge in [-0.15, -0.1) is 0 Å². The second-order valence-electron chi connectivity index (χ2n) is 3.84. The Balaban J connectivity index is 2.02. The first-order valence-electron chi connectivity index (χ1n) is 4.58. The van der Waals surface area contributed by atoms with Crippen molar-refractivity contribution in [1.82, 2.24) is 0 Å². The molecule has 0 aromatic rings. The minimum Gasteiger partial charge on any atom is -0.469 e. The molecule has 1 saturated carbocycles. The normalized spacial score (nSPS) is 43.2. The largest absolute Gasteiger partial charge is 0.469 e. The number of esters is 1. The Labute approximate surface area is 76.8 Å². The summed E-state index contributed by atoms with van der Waals surface area (Å²) in [6.45, 7) is 0.699. The summed E-state index contributed by atoms with van der Waals surface area (Å²) in [5.41, 5.74) is -0.418. The van der Waals surface area contributed by atoms with Crippen molar-refractivity contribution in [2.45, 2.75) is 31.0 Å². The lowest BCUT2D eigenvalue weighted by atomic mass is 9.90. The summed E-state index contributed by atoms with van der Waals surface area (Å²) in [7, 11) is 1.38. The zero-order valence-electron chi connectivity index (χ0n) is 7.66. The highest BCUT2D eigenvalue weighted by Gasteiger charge is 2.54. The summed E-state index contributed by atoms with van der Waals surface area (Å²) in [6, 6.07) is 0. The SMILES string of the molecule is COC(=O)C1CC(O)C2(CCO2)C1. The van der Waals surface area contributed by atoms with Gasteiger partial charge in [-0.1, -0.05) is 0 Å². The Morgan fingerprint density at radius 2 is 2.38 bits per heavy atom. The lowest BCUT2D eigenvalue weighted by Gasteiger charge is -2.41. The topological polar surface area (TPSA) is 55.8 Å². The van der Waals surface area contributed by atoms with E-state index in [1.165, 1.54) is 7.11 Å². The van der Waals surface area contributed by atoms with Gasteiger partial charge in [-0.3, -0.25) is 4.79 Å². The molecule has 3 unspecified atom stereocenters. The van der Waals surface area contributed by atoms with Crippen LogP contribution in [0, 0.1) is 5.92 Å². The van der Waals surface area contributed by atoms with Crippen LogP contribution in [0.2, 0.25) is 0 Å². The van der Waals surface area contributed by atoms with E-state index in [0.29, 0.717) is 19.4 Å². The maximum Gasteiger partial charge on any atom is 0.308 e. The van der Waals surface area contributed by atoms with Crippen LogP contribution < -0.4 is 0 Å². The highest BCUT2D eigenvalue weighted by atomic mass is 16.5. The van der Waals surface area contributed by atoms with E-state index in [1.54, 1.807) is 0 Å². The Morgan fingerprint density at radius 1 is 1.69 bits per heavy atom. The van der Waals surface area contributed by atoms with Crippen LogP contribution in [-0.4, -0.2) is 36.5 Å². The molecule has 0 bridgehead atoms. The lowest BCUT2D eigenvalue weighted by Crippen LogP contribution is -2.49. The summed E-state index contributed by atoms with van der Waals surface area (Å²) in [5, 5.41) is 9.68. The first-order valence-corrected chi connectivity index (χ1v) is 4.58. The fourth-order valence-electron chi connectivity index (χ4n) is 2.26. The van der Waals surface area contributed by atoms with Crippen molar-refractivity contribution in [3.05, 3.63) is 0 Å². The fraction of sp³-hybridized carbons (Fsp3) is 0.889. The van der Waals surface area contributed by atoms with Gasteiger partial charge >= 0.3 is 5.97 Å². The minimum atomic E-state index is -0.495. The predicted molar refractivity (Wildman–Crippen MR) is 44.0 cm³/mol. The third-order valence-corrected chi connectivity index (χ3v) is 3.16. The molecule has 1 aliphatic carbocycles. The molecule has 0 aromatic heterocycles. The average Bonchev–Trinajstić information content (AvgIpc) is 2.41. The average molecular weight is 186 g/mol. The fourth-order valence-corrected chi connectivity index (χ4v) is 2.26. The number of ether oxygens (including phenoxy) is 2. The zero-order valence-corrected chi connectivity index (χ0v) is 7.66. The van der Waals surface area contributed by atoms with E-state index in [0.717, 1.165) is 6.42 Å². The van der Waals surface area contributed by atoms with Gasteiger partial charge in [-0.25, -0.2) is 0 Å². The third kappa shape index (κ3) is 1.25. The summed E-state index contributed by atoms with van der Waals surface area (Å²) in [4.78, 5) is 11.2. The maximum atomic E-state index is 11.2. The van der Waals surface area contributed by atoms with Crippen molar-refractivity contribution in [3.8, 4) is 0 Å². The van der Waals surface area contributed by atoms with Gasteiger partial charge in [0.05, 0.1) is 31.3 Å². The van der Waals surface area contributed by atoms with Crippen molar-refractivity contribution in [2.75, 3.05) is 13.7 Å². The van der Waals surface area contributed by atoms with Gasteiger partial charge < -0.3 is 14.6 Å². The number of carbonyl (C=O) groups excluding carboxylic acids is 1. The summed E-state index contributed by atoms with van der Waals surface area (Å²) in [6.07, 6.45) is 1.46. The van der Waals surface area contributed by atoms with Crippen molar-refractivity contribution in [1.29, 1.82) is 0 Å². The molecule has 2 aliphatic rings. The van der Waals surface area contributed by atoms with Gasteiger partial charge in [0.2, 0.25) is 0 Å². The highest BCUT2D eigenvalue weighted by molar-refractivity contribution is 5.73. The first-order chi connectivity index (χ1) is 6.18. The van der Waals surface area contributed by atoms with Crippen LogP contribution in [-0.2, 0) is 14.3 Å². The molecule has 2 rings (SSSR count). The van der Waals surface area contributed by atoms with Crippen molar-refractivity contribution < 1.29 is 19.4 Å². The van der Waals surface area contributed by atoms with Crippen LogP contribution in [0.25, 0.3) is 0 Å². The molecule has 4 heteroatoms. The van der Waals surface area contributed by atoms with Gasteiger partial charge in [0, 0.05) is 6.42 Å². The number of methoxy groups -OCH3 is 1. The van der Waals surface area contributed by atoms with Crippen LogP contribution in [0.15, 0.2) is 0 Å². The van der Waals surface area contributed by atoms with Crippen LogP contribution >= 0.6 is 0 Å². The van der Waals surface area contributed by atoms with E-state index in [-0.39, 0.29) is 11.9 Å². The number of carbonyl (C=O) groups is 1. The molecule has 0 amide bonds. The van der Waals surface area contributed by atoms with Crippen LogP contribution in [0.4, 0.5) is 0 Å². The van der Waals surface area contributed by atoms with E-state index < -0.39 is 11.7 Å². The Morgan fingerprint density at radius 3 is 2.77 bits per heavy atom. The molecule has 2 fully saturated rings. The van der Waals surface area contributed by atoms with E-state index in [2.05, 4.69) is 4.74 Å². The number of aliphatic hydroxyl groups is 1. The molecule has 3 atom stereocenters. The summed E-state index contributed by atoms with van der Waals surface area (Å²) in [5.74, 6) is -0.410. The first kappa shape index (κ1) is 8.97. The van der Waals surface area contributed by atoms with E-state index in [1.807, 2.05) is 0 Å². The zero-order chi connectivity index (χ0) is 9.47. The number of hydrogen-bond donors (Lipinski definition) is 1. The monoisotopic (exact) mass is 186 g/mol. The summed E-state index contributed by atoms with van der Waals surface area (Å²) >= 11 is 0.